The Kier molecular flexibility index (Phi) is 4.53. The number of aliphatic hydroxyl groups is 1. The first-order chi connectivity index (χ1) is 8.70. The molecule has 1 saturated carbocycles. The van der Waals surface area contributed by atoms with E-state index in [-0.39, 0.29) is 6.61 Å². The number of hydrogen-bond donors (Lipinski definition) is 1. The molecule has 4 heteroatoms. The Bertz CT molecular complexity index is 358. The van der Waals surface area contributed by atoms with E-state index in [1.54, 1.807) is 12.4 Å². The highest BCUT2D eigenvalue weighted by atomic mass is 16.3. The lowest BCUT2D eigenvalue weighted by Gasteiger charge is -2.30. The lowest BCUT2D eigenvalue weighted by molar-refractivity contribution is 0.281. The number of hydrogen-bond acceptors (Lipinski definition) is 4. The summed E-state index contributed by atoms with van der Waals surface area (Å²) in [4.78, 5) is 11.2. The minimum atomic E-state index is 0.00783. The molecule has 1 aliphatic rings. The molecule has 1 heterocycles. The van der Waals surface area contributed by atoms with Crippen LogP contribution >= 0.6 is 0 Å². The number of nitrogens with zero attached hydrogens (tertiary/aromatic N) is 3. The van der Waals surface area contributed by atoms with Gasteiger partial charge in [-0.25, -0.2) is 9.97 Å². The van der Waals surface area contributed by atoms with Crippen LogP contribution < -0.4 is 4.90 Å². The van der Waals surface area contributed by atoms with Gasteiger partial charge in [-0.1, -0.05) is 26.7 Å². The Labute approximate surface area is 109 Å². The number of anilines is 1. The van der Waals surface area contributed by atoms with Gasteiger partial charge in [0.15, 0.2) is 0 Å². The molecule has 0 unspecified atom stereocenters. The minimum Gasteiger partial charge on any atom is -0.392 e. The summed E-state index contributed by atoms with van der Waals surface area (Å²) in [5.74, 6) is 1.42. The van der Waals surface area contributed by atoms with Crippen molar-refractivity contribution in [2.75, 3.05) is 11.4 Å². The molecule has 0 saturated heterocycles. The molecule has 0 aliphatic heterocycles. The van der Waals surface area contributed by atoms with Gasteiger partial charge >= 0.3 is 0 Å². The predicted octanol–water partition coefficient (Wildman–Crippen LogP) is 2.37. The van der Waals surface area contributed by atoms with Crippen LogP contribution in [0.2, 0.25) is 0 Å². The van der Waals surface area contributed by atoms with Gasteiger partial charge in [0.25, 0.3) is 0 Å². The quantitative estimate of drug-likeness (QED) is 0.870. The van der Waals surface area contributed by atoms with E-state index >= 15 is 0 Å². The lowest BCUT2D eigenvalue weighted by Crippen LogP contribution is -2.37. The molecule has 18 heavy (non-hydrogen) atoms. The van der Waals surface area contributed by atoms with Gasteiger partial charge in [0.05, 0.1) is 6.61 Å². The second-order valence-electron chi connectivity index (χ2n) is 5.53. The highest BCUT2D eigenvalue weighted by Gasteiger charge is 2.25. The van der Waals surface area contributed by atoms with Gasteiger partial charge in [-0.3, -0.25) is 0 Å². The third-order valence-electron chi connectivity index (χ3n) is 3.46. The van der Waals surface area contributed by atoms with Crippen molar-refractivity contribution in [3.63, 3.8) is 0 Å². The van der Waals surface area contributed by atoms with E-state index in [9.17, 15) is 0 Å². The first-order valence-electron chi connectivity index (χ1n) is 6.89. The van der Waals surface area contributed by atoms with Crippen LogP contribution in [0.15, 0.2) is 12.4 Å². The summed E-state index contributed by atoms with van der Waals surface area (Å²) in [5.41, 5.74) is 0.773. The van der Waals surface area contributed by atoms with Gasteiger partial charge in [0.2, 0.25) is 5.95 Å². The van der Waals surface area contributed by atoms with Crippen LogP contribution in [0.3, 0.4) is 0 Å². The normalized spacial score (nSPS) is 16.4. The molecule has 100 valence electrons. The van der Waals surface area contributed by atoms with E-state index in [1.807, 2.05) is 0 Å². The highest BCUT2D eigenvalue weighted by Crippen LogP contribution is 2.26. The van der Waals surface area contributed by atoms with Crippen molar-refractivity contribution in [2.24, 2.45) is 5.92 Å². The Morgan fingerprint density at radius 1 is 1.28 bits per heavy atom. The molecule has 0 radical (unpaired) electrons. The smallest absolute Gasteiger partial charge is 0.225 e. The Balaban J connectivity index is 2.15. The molecule has 0 bridgehead atoms. The molecule has 1 N–H and O–H groups in total. The summed E-state index contributed by atoms with van der Waals surface area (Å²) in [6.07, 6.45) is 8.58. The van der Waals surface area contributed by atoms with Crippen molar-refractivity contribution in [2.45, 2.75) is 52.2 Å². The fourth-order valence-corrected chi connectivity index (χ4v) is 2.58. The third-order valence-corrected chi connectivity index (χ3v) is 3.46. The Hall–Kier alpha value is -1.16. The van der Waals surface area contributed by atoms with Crippen molar-refractivity contribution in [3.05, 3.63) is 18.0 Å². The Morgan fingerprint density at radius 3 is 2.39 bits per heavy atom. The zero-order chi connectivity index (χ0) is 13.0. The van der Waals surface area contributed by atoms with E-state index in [1.165, 1.54) is 25.7 Å². The largest absolute Gasteiger partial charge is 0.392 e. The molecular weight excluding hydrogens is 226 g/mol. The second kappa shape index (κ2) is 6.14. The van der Waals surface area contributed by atoms with E-state index in [2.05, 4.69) is 28.7 Å². The van der Waals surface area contributed by atoms with Crippen LogP contribution in [0.4, 0.5) is 5.95 Å². The molecule has 0 spiro atoms. The molecular formula is C14H23N3O. The van der Waals surface area contributed by atoms with Crippen molar-refractivity contribution in [1.82, 2.24) is 9.97 Å². The molecule has 0 aromatic carbocycles. The number of aliphatic hydroxyl groups excluding tert-OH is 1. The number of rotatable bonds is 5. The summed E-state index contributed by atoms with van der Waals surface area (Å²) in [7, 11) is 0. The first-order valence-corrected chi connectivity index (χ1v) is 6.89. The van der Waals surface area contributed by atoms with Crippen LogP contribution in [0, 0.1) is 5.92 Å². The molecule has 1 fully saturated rings. The summed E-state index contributed by atoms with van der Waals surface area (Å²) >= 11 is 0. The highest BCUT2D eigenvalue weighted by molar-refractivity contribution is 5.32. The fraction of sp³-hybridized carbons (Fsp3) is 0.714. The summed E-state index contributed by atoms with van der Waals surface area (Å²) in [6, 6.07) is 0.590. The molecule has 1 aromatic rings. The van der Waals surface area contributed by atoms with Gasteiger partial charge in [-0.05, 0) is 18.8 Å². The van der Waals surface area contributed by atoms with E-state index in [4.69, 9.17) is 5.11 Å². The average molecular weight is 249 g/mol. The van der Waals surface area contributed by atoms with Crippen LogP contribution in [0.1, 0.15) is 45.1 Å². The Morgan fingerprint density at radius 2 is 1.89 bits per heavy atom. The third kappa shape index (κ3) is 3.19. The van der Waals surface area contributed by atoms with Crippen molar-refractivity contribution >= 4 is 5.95 Å². The van der Waals surface area contributed by atoms with Crippen LogP contribution in [-0.2, 0) is 6.61 Å². The molecule has 1 aliphatic carbocycles. The summed E-state index contributed by atoms with van der Waals surface area (Å²) < 4.78 is 0. The zero-order valence-electron chi connectivity index (χ0n) is 11.3. The molecule has 0 atom stereocenters. The van der Waals surface area contributed by atoms with Gasteiger partial charge in [0.1, 0.15) is 0 Å². The molecule has 0 amide bonds. The maximum absolute atomic E-state index is 9.03. The predicted molar refractivity (Wildman–Crippen MR) is 72.4 cm³/mol. The average Bonchev–Trinajstić information content (AvgIpc) is 2.89. The monoisotopic (exact) mass is 249 g/mol. The van der Waals surface area contributed by atoms with Crippen molar-refractivity contribution in [3.8, 4) is 0 Å². The van der Waals surface area contributed by atoms with Gasteiger partial charge < -0.3 is 10.0 Å². The molecule has 1 aromatic heterocycles. The molecule has 4 nitrogen and oxygen atoms in total. The van der Waals surface area contributed by atoms with E-state index < -0.39 is 0 Å². The fourth-order valence-electron chi connectivity index (χ4n) is 2.58. The first kappa shape index (κ1) is 13.3. The van der Waals surface area contributed by atoms with E-state index in [0.717, 1.165) is 18.1 Å². The number of aromatic nitrogens is 2. The van der Waals surface area contributed by atoms with Gasteiger partial charge in [0, 0.05) is 30.5 Å². The van der Waals surface area contributed by atoms with Gasteiger partial charge in [-0.15, -0.1) is 0 Å². The standard InChI is InChI=1S/C14H23N3O/c1-11(2)9-17(13-5-3-4-6-13)14-15-7-12(10-18)8-16-14/h7-8,11,13,18H,3-6,9-10H2,1-2H3. The topological polar surface area (TPSA) is 49.2 Å². The second-order valence-corrected chi connectivity index (χ2v) is 5.53. The van der Waals surface area contributed by atoms with E-state index in [0.29, 0.717) is 12.0 Å². The van der Waals surface area contributed by atoms with Crippen molar-refractivity contribution in [1.29, 1.82) is 0 Å². The molecule has 2 rings (SSSR count). The van der Waals surface area contributed by atoms with Crippen LogP contribution in [-0.4, -0.2) is 27.7 Å². The SMILES string of the molecule is CC(C)CN(c1ncc(CO)cn1)C1CCCC1. The summed E-state index contributed by atoms with van der Waals surface area (Å²) in [5, 5.41) is 9.03. The maximum atomic E-state index is 9.03. The lowest BCUT2D eigenvalue weighted by atomic mass is 10.1. The minimum absolute atomic E-state index is 0.00783. The van der Waals surface area contributed by atoms with Crippen LogP contribution in [0.25, 0.3) is 0 Å². The van der Waals surface area contributed by atoms with Crippen molar-refractivity contribution < 1.29 is 5.11 Å². The van der Waals surface area contributed by atoms with Gasteiger partial charge in [-0.2, -0.15) is 0 Å². The maximum Gasteiger partial charge on any atom is 0.225 e. The summed E-state index contributed by atoms with van der Waals surface area (Å²) in [6.45, 7) is 5.46. The van der Waals surface area contributed by atoms with Crippen LogP contribution in [0.5, 0.6) is 0 Å². The zero-order valence-corrected chi connectivity index (χ0v) is 11.3.